The highest BCUT2D eigenvalue weighted by molar-refractivity contribution is 5.96. The van der Waals surface area contributed by atoms with E-state index >= 15 is 0 Å². The molecule has 4 rings (SSSR count). The van der Waals surface area contributed by atoms with Crippen molar-refractivity contribution in [3.05, 3.63) is 46.3 Å². The molecule has 23 heavy (non-hydrogen) atoms. The van der Waals surface area contributed by atoms with Crippen LogP contribution in [0.4, 0.5) is 0 Å². The molecule has 0 bridgehead atoms. The molecular formula is C18H20N2O3. The van der Waals surface area contributed by atoms with E-state index in [1.54, 1.807) is 12.1 Å². The third-order valence-electron chi connectivity index (χ3n) is 5.18. The number of nitrogens with one attached hydrogen (secondary N) is 1. The molecule has 1 aromatic heterocycles. The van der Waals surface area contributed by atoms with E-state index < -0.39 is 5.63 Å². The Morgan fingerprint density at radius 3 is 2.57 bits per heavy atom. The van der Waals surface area contributed by atoms with Crippen molar-refractivity contribution < 1.29 is 9.21 Å². The van der Waals surface area contributed by atoms with Crippen molar-refractivity contribution in [1.29, 1.82) is 0 Å². The molecule has 0 spiro atoms. The lowest BCUT2D eigenvalue weighted by atomic mass is 9.92. The Kier molecular flexibility index (Phi) is 3.65. The number of hydrogen-bond acceptors (Lipinski definition) is 4. The van der Waals surface area contributed by atoms with Gasteiger partial charge in [-0.25, -0.2) is 4.79 Å². The predicted molar refractivity (Wildman–Crippen MR) is 87.5 cm³/mol. The minimum Gasteiger partial charge on any atom is -0.422 e. The van der Waals surface area contributed by atoms with E-state index in [9.17, 15) is 9.59 Å². The minimum atomic E-state index is -0.542. The van der Waals surface area contributed by atoms with E-state index in [1.165, 1.54) is 0 Å². The zero-order valence-electron chi connectivity index (χ0n) is 13.0. The number of fused-ring (bicyclic) bond motifs is 2. The standard InChI is InChI=1S/C18H20N2O3/c21-17(20-7-5-13-10-19-11-14(13)6-8-20)15-9-12-3-1-2-4-16(12)23-18(15)22/h1-4,9,13-14,19H,5-8,10-11H2/t13-,14+. The molecule has 5 nitrogen and oxygen atoms in total. The number of carbonyl (C=O) groups is 1. The molecule has 0 radical (unpaired) electrons. The van der Waals surface area contributed by atoms with Gasteiger partial charge in [-0.05, 0) is 49.9 Å². The number of para-hydroxylation sites is 1. The summed E-state index contributed by atoms with van der Waals surface area (Å²) in [5, 5.41) is 4.21. The van der Waals surface area contributed by atoms with Crippen molar-refractivity contribution in [3.63, 3.8) is 0 Å². The lowest BCUT2D eigenvalue weighted by Crippen LogP contribution is -2.35. The predicted octanol–water partition coefficient (Wildman–Crippen LogP) is 1.86. The van der Waals surface area contributed by atoms with E-state index in [-0.39, 0.29) is 11.5 Å². The molecule has 2 saturated heterocycles. The number of amides is 1. The monoisotopic (exact) mass is 312 g/mol. The maximum absolute atomic E-state index is 12.8. The number of carbonyl (C=O) groups excluding carboxylic acids is 1. The van der Waals surface area contributed by atoms with Gasteiger partial charge in [0.2, 0.25) is 0 Å². The first-order valence-corrected chi connectivity index (χ1v) is 8.25. The summed E-state index contributed by atoms with van der Waals surface area (Å²) in [6, 6.07) is 8.94. The molecule has 1 N–H and O–H groups in total. The Hall–Kier alpha value is -2.14. The van der Waals surface area contributed by atoms with Crippen molar-refractivity contribution in [3.8, 4) is 0 Å². The lowest BCUT2D eigenvalue weighted by Gasteiger charge is -2.20. The highest BCUT2D eigenvalue weighted by Crippen LogP contribution is 2.27. The summed E-state index contributed by atoms with van der Waals surface area (Å²) in [5.41, 5.74) is 0.124. The Morgan fingerprint density at radius 1 is 1.13 bits per heavy atom. The van der Waals surface area contributed by atoms with Gasteiger partial charge in [0.05, 0.1) is 0 Å². The Bertz CT molecular complexity index is 784. The fourth-order valence-corrected chi connectivity index (χ4v) is 3.80. The van der Waals surface area contributed by atoms with Gasteiger partial charge in [0.25, 0.3) is 5.91 Å². The van der Waals surface area contributed by atoms with Crippen LogP contribution in [0.15, 0.2) is 39.5 Å². The van der Waals surface area contributed by atoms with E-state index in [1.807, 2.05) is 23.1 Å². The number of nitrogens with zero attached hydrogens (tertiary/aromatic N) is 1. The first-order chi connectivity index (χ1) is 11.2. The molecule has 5 heteroatoms. The number of rotatable bonds is 1. The molecule has 0 unspecified atom stereocenters. The first-order valence-electron chi connectivity index (χ1n) is 8.25. The van der Waals surface area contributed by atoms with Gasteiger partial charge >= 0.3 is 5.63 Å². The minimum absolute atomic E-state index is 0.147. The van der Waals surface area contributed by atoms with Crippen molar-refractivity contribution >= 4 is 16.9 Å². The summed E-state index contributed by atoms with van der Waals surface area (Å²) < 4.78 is 5.30. The topological polar surface area (TPSA) is 62.6 Å². The average molecular weight is 312 g/mol. The summed E-state index contributed by atoms with van der Waals surface area (Å²) in [4.78, 5) is 26.8. The normalized spacial score (nSPS) is 24.4. The zero-order chi connectivity index (χ0) is 15.8. The van der Waals surface area contributed by atoms with Crippen LogP contribution in [-0.2, 0) is 0 Å². The second-order valence-corrected chi connectivity index (χ2v) is 6.53. The van der Waals surface area contributed by atoms with E-state index in [4.69, 9.17) is 4.42 Å². The summed E-state index contributed by atoms with van der Waals surface area (Å²) in [7, 11) is 0. The zero-order valence-corrected chi connectivity index (χ0v) is 13.0. The van der Waals surface area contributed by atoms with Gasteiger partial charge in [0.15, 0.2) is 0 Å². The molecule has 2 aliphatic heterocycles. The smallest absolute Gasteiger partial charge is 0.349 e. The average Bonchev–Trinajstić information content (AvgIpc) is 2.92. The molecular weight excluding hydrogens is 292 g/mol. The van der Waals surface area contributed by atoms with Crippen molar-refractivity contribution in [2.45, 2.75) is 12.8 Å². The molecule has 120 valence electrons. The Morgan fingerprint density at radius 2 is 1.83 bits per heavy atom. The summed E-state index contributed by atoms with van der Waals surface area (Å²) >= 11 is 0. The largest absolute Gasteiger partial charge is 0.422 e. The highest BCUT2D eigenvalue weighted by Gasteiger charge is 2.32. The van der Waals surface area contributed by atoms with E-state index in [0.717, 1.165) is 31.3 Å². The van der Waals surface area contributed by atoms with Crippen LogP contribution in [0, 0.1) is 11.8 Å². The first kappa shape index (κ1) is 14.5. The van der Waals surface area contributed by atoms with Crippen LogP contribution in [0.5, 0.6) is 0 Å². The molecule has 2 aromatic rings. The molecule has 2 aliphatic rings. The SMILES string of the molecule is O=C(c1cc2ccccc2oc1=O)N1CC[C@@H]2CNC[C@@H]2CC1. The second kappa shape index (κ2) is 5.81. The molecule has 1 amide bonds. The third kappa shape index (κ3) is 2.65. The molecule has 0 saturated carbocycles. The van der Waals surface area contributed by atoms with Gasteiger partial charge in [0, 0.05) is 18.5 Å². The lowest BCUT2D eigenvalue weighted by molar-refractivity contribution is 0.0754. The third-order valence-corrected chi connectivity index (χ3v) is 5.18. The Labute approximate surface area is 134 Å². The van der Waals surface area contributed by atoms with Gasteiger partial charge in [-0.2, -0.15) is 0 Å². The van der Waals surface area contributed by atoms with Crippen molar-refractivity contribution in [1.82, 2.24) is 10.2 Å². The van der Waals surface area contributed by atoms with Gasteiger partial charge in [0.1, 0.15) is 11.1 Å². The Balaban J connectivity index is 1.61. The summed E-state index contributed by atoms with van der Waals surface area (Å²) in [6.07, 6.45) is 2.00. The molecule has 3 heterocycles. The van der Waals surface area contributed by atoms with Crippen LogP contribution < -0.4 is 10.9 Å². The number of hydrogen-bond donors (Lipinski definition) is 1. The van der Waals surface area contributed by atoms with Gasteiger partial charge < -0.3 is 14.6 Å². The number of benzene rings is 1. The van der Waals surface area contributed by atoms with Gasteiger partial charge in [-0.1, -0.05) is 18.2 Å². The van der Waals surface area contributed by atoms with Crippen LogP contribution in [0.3, 0.4) is 0 Å². The highest BCUT2D eigenvalue weighted by atomic mass is 16.4. The van der Waals surface area contributed by atoms with Crippen molar-refractivity contribution in [2.75, 3.05) is 26.2 Å². The second-order valence-electron chi connectivity index (χ2n) is 6.53. The summed E-state index contributed by atoms with van der Waals surface area (Å²) in [5.74, 6) is 1.11. The number of likely N-dealkylation sites (tertiary alicyclic amines) is 1. The fourth-order valence-electron chi connectivity index (χ4n) is 3.80. The van der Waals surface area contributed by atoms with Crippen molar-refractivity contribution in [2.24, 2.45) is 11.8 Å². The maximum Gasteiger partial charge on any atom is 0.349 e. The van der Waals surface area contributed by atoms with Gasteiger partial charge in [-0.3, -0.25) is 4.79 Å². The molecule has 2 fully saturated rings. The van der Waals surface area contributed by atoms with Crippen LogP contribution in [-0.4, -0.2) is 37.0 Å². The van der Waals surface area contributed by atoms with E-state index in [2.05, 4.69) is 5.32 Å². The fraction of sp³-hybridized carbons (Fsp3) is 0.444. The quantitative estimate of drug-likeness (QED) is 0.817. The van der Waals surface area contributed by atoms with Crippen LogP contribution in [0.1, 0.15) is 23.2 Å². The molecule has 2 atom stereocenters. The summed E-state index contributed by atoms with van der Waals surface area (Å²) in [6.45, 7) is 3.53. The van der Waals surface area contributed by atoms with Crippen LogP contribution in [0.25, 0.3) is 11.0 Å². The van der Waals surface area contributed by atoms with Crippen LogP contribution in [0.2, 0.25) is 0 Å². The molecule has 1 aromatic carbocycles. The van der Waals surface area contributed by atoms with E-state index in [0.29, 0.717) is 30.5 Å². The van der Waals surface area contributed by atoms with Gasteiger partial charge in [-0.15, -0.1) is 0 Å². The maximum atomic E-state index is 12.8. The molecule has 0 aliphatic carbocycles. The van der Waals surface area contributed by atoms with Crippen LogP contribution >= 0.6 is 0 Å².